The van der Waals surface area contributed by atoms with Crippen LogP contribution in [0.4, 0.5) is 5.82 Å². The van der Waals surface area contributed by atoms with E-state index in [0.29, 0.717) is 17.5 Å². The minimum Gasteiger partial charge on any atom is -0.493 e. The van der Waals surface area contributed by atoms with E-state index in [1.807, 2.05) is 12.1 Å². The molecule has 1 aromatic heterocycles. The second kappa shape index (κ2) is 5.76. The summed E-state index contributed by atoms with van der Waals surface area (Å²) in [6, 6.07) is 4.45. The number of aromatic nitrogens is 2. The third kappa shape index (κ3) is 2.37. The molecule has 0 amide bonds. The summed E-state index contributed by atoms with van der Waals surface area (Å²) in [5, 5.41) is 1.02. The highest BCUT2D eigenvalue weighted by Gasteiger charge is 2.23. The summed E-state index contributed by atoms with van der Waals surface area (Å²) >= 11 is 0. The molecular weight excluding hydrogens is 266 g/mol. The fourth-order valence-electron chi connectivity index (χ4n) is 3.07. The molecule has 0 radical (unpaired) electrons. The molecule has 0 N–H and O–H groups in total. The number of ether oxygens (including phenoxy) is 2. The Morgan fingerprint density at radius 3 is 2.71 bits per heavy atom. The summed E-state index contributed by atoms with van der Waals surface area (Å²) in [6.07, 6.45) is 5.32. The Labute approximate surface area is 124 Å². The van der Waals surface area contributed by atoms with Crippen LogP contribution in [0.5, 0.6) is 11.5 Å². The van der Waals surface area contributed by atoms with Crippen LogP contribution in [0, 0.1) is 0 Å². The zero-order chi connectivity index (χ0) is 14.8. The maximum Gasteiger partial charge on any atom is 0.187 e. The Bertz CT molecular complexity index is 645. The van der Waals surface area contributed by atoms with Gasteiger partial charge in [-0.3, -0.25) is 0 Å². The van der Waals surface area contributed by atoms with Crippen molar-refractivity contribution in [2.24, 2.45) is 0 Å². The van der Waals surface area contributed by atoms with Crippen molar-refractivity contribution >= 4 is 16.7 Å². The van der Waals surface area contributed by atoms with Gasteiger partial charge in [0.2, 0.25) is 0 Å². The second-order valence-corrected chi connectivity index (χ2v) is 5.43. The van der Waals surface area contributed by atoms with Crippen LogP contribution >= 0.6 is 0 Å². The zero-order valence-electron chi connectivity index (χ0n) is 12.8. The number of hydrogen-bond acceptors (Lipinski definition) is 5. The number of hydrogen-bond donors (Lipinski definition) is 0. The fourth-order valence-corrected chi connectivity index (χ4v) is 3.07. The van der Waals surface area contributed by atoms with Crippen molar-refractivity contribution in [3.8, 4) is 11.5 Å². The molecule has 1 aliphatic rings. The van der Waals surface area contributed by atoms with Crippen molar-refractivity contribution in [2.75, 3.05) is 25.7 Å². The van der Waals surface area contributed by atoms with E-state index in [-0.39, 0.29) is 0 Å². The van der Waals surface area contributed by atoms with E-state index in [2.05, 4.69) is 21.8 Å². The molecule has 5 nitrogen and oxygen atoms in total. The molecular formula is C16H21N3O2. The van der Waals surface area contributed by atoms with Gasteiger partial charge in [-0.15, -0.1) is 0 Å². The second-order valence-electron chi connectivity index (χ2n) is 5.43. The predicted octanol–water partition coefficient (Wildman–Crippen LogP) is 3.03. The molecule has 1 atom stereocenters. The van der Waals surface area contributed by atoms with E-state index in [1.54, 1.807) is 20.5 Å². The summed E-state index contributed by atoms with van der Waals surface area (Å²) in [6.45, 7) is 3.30. The third-order valence-corrected chi connectivity index (χ3v) is 4.20. The molecule has 2 aromatic rings. The Morgan fingerprint density at radius 2 is 2.00 bits per heavy atom. The zero-order valence-corrected chi connectivity index (χ0v) is 12.8. The minimum absolute atomic E-state index is 0.505. The van der Waals surface area contributed by atoms with Gasteiger partial charge in [0.15, 0.2) is 11.5 Å². The van der Waals surface area contributed by atoms with Gasteiger partial charge < -0.3 is 14.4 Å². The number of anilines is 1. The normalized spacial score (nSPS) is 18.8. The average molecular weight is 287 g/mol. The maximum absolute atomic E-state index is 5.48. The lowest BCUT2D eigenvalue weighted by molar-refractivity contribution is 0.358. The van der Waals surface area contributed by atoms with Gasteiger partial charge in [-0.1, -0.05) is 0 Å². The van der Waals surface area contributed by atoms with Crippen LogP contribution in [0.2, 0.25) is 0 Å². The van der Waals surface area contributed by atoms with Crippen molar-refractivity contribution < 1.29 is 9.47 Å². The monoisotopic (exact) mass is 287 g/mol. The summed E-state index contributed by atoms with van der Waals surface area (Å²) in [4.78, 5) is 11.3. The molecule has 2 heterocycles. The Balaban J connectivity index is 2.16. The molecule has 0 bridgehead atoms. The molecule has 1 aromatic carbocycles. The number of nitrogens with zero attached hydrogens (tertiary/aromatic N) is 3. The van der Waals surface area contributed by atoms with E-state index in [4.69, 9.17) is 9.47 Å². The molecule has 3 rings (SSSR count). The molecule has 21 heavy (non-hydrogen) atoms. The molecule has 0 spiro atoms. The lowest BCUT2D eigenvalue weighted by atomic mass is 10.0. The average Bonchev–Trinajstić information content (AvgIpc) is 2.53. The molecule has 0 aliphatic carbocycles. The quantitative estimate of drug-likeness (QED) is 0.868. The molecule has 1 aliphatic heterocycles. The first-order valence-corrected chi connectivity index (χ1v) is 7.38. The fraction of sp³-hybridized carbons (Fsp3) is 0.500. The lowest BCUT2D eigenvalue weighted by Gasteiger charge is -2.35. The molecule has 1 saturated heterocycles. The first kappa shape index (κ1) is 13.9. The van der Waals surface area contributed by atoms with E-state index < -0.39 is 0 Å². The number of fused-ring (bicyclic) bond motifs is 1. The smallest absolute Gasteiger partial charge is 0.187 e. The van der Waals surface area contributed by atoms with Crippen molar-refractivity contribution in [1.29, 1.82) is 0 Å². The van der Waals surface area contributed by atoms with Gasteiger partial charge >= 0.3 is 0 Å². The molecule has 5 heteroatoms. The van der Waals surface area contributed by atoms with Crippen LogP contribution in [0.25, 0.3) is 10.9 Å². The van der Waals surface area contributed by atoms with Crippen molar-refractivity contribution in [3.63, 3.8) is 0 Å². The summed E-state index contributed by atoms with van der Waals surface area (Å²) in [5.74, 6) is 2.36. The third-order valence-electron chi connectivity index (χ3n) is 4.20. The molecule has 0 saturated carbocycles. The summed E-state index contributed by atoms with van der Waals surface area (Å²) in [7, 11) is 3.28. The van der Waals surface area contributed by atoms with E-state index in [1.165, 1.54) is 19.3 Å². The van der Waals surface area contributed by atoms with E-state index >= 15 is 0 Å². The highest BCUT2D eigenvalue weighted by atomic mass is 16.5. The van der Waals surface area contributed by atoms with Gasteiger partial charge in [0.1, 0.15) is 17.7 Å². The van der Waals surface area contributed by atoms with Crippen LogP contribution < -0.4 is 14.4 Å². The first-order valence-electron chi connectivity index (χ1n) is 7.38. The first-order chi connectivity index (χ1) is 10.3. The van der Waals surface area contributed by atoms with Crippen LogP contribution in [0.3, 0.4) is 0 Å². The standard InChI is InChI=1S/C16H21N3O2/c1-11-6-4-5-9-19(11)16-12-7-8-13(20-2)15(21-3)14(12)17-10-18-16/h7-8,10-11H,4-6,9H2,1-3H3. The van der Waals surface area contributed by atoms with Gasteiger partial charge in [0.05, 0.1) is 14.2 Å². The highest BCUT2D eigenvalue weighted by molar-refractivity contribution is 5.95. The summed E-state index contributed by atoms with van der Waals surface area (Å²) in [5.41, 5.74) is 0.805. The Hall–Kier alpha value is -2.04. The van der Waals surface area contributed by atoms with Crippen LogP contribution in [-0.4, -0.2) is 36.8 Å². The Morgan fingerprint density at radius 1 is 1.14 bits per heavy atom. The van der Waals surface area contributed by atoms with Gasteiger partial charge in [0.25, 0.3) is 0 Å². The van der Waals surface area contributed by atoms with Crippen molar-refractivity contribution in [3.05, 3.63) is 18.5 Å². The van der Waals surface area contributed by atoms with Crippen LogP contribution in [0.1, 0.15) is 26.2 Å². The van der Waals surface area contributed by atoms with Crippen LogP contribution in [-0.2, 0) is 0 Å². The number of methoxy groups -OCH3 is 2. The molecule has 1 unspecified atom stereocenters. The number of piperidine rings is 1. The van der Waals surface area contributed by atoms with Gasteiger partial charge in [-0.2, -0.15) is 0 Å². The van der Waals surface area contributed by atoms with Crippen molar-refractivity contribution in [1.82, 2.24) is 9.97 Å². The van der Waals surface area contributed by atoms with Crippen LogP contribution in [0.15, 0.2) is 18.5 Å². The summed E-state index contributed by atoms with van der Waals surface area (Å²) < 4.78 is 10.8. The number of benzene rings is 1. The topological polar surface area (TPSA) is 47.5 Å². The largest absolute Gasteiger partial charge is 0.493 e. The molecule has 112 valence electrons. The van der Waals surface area contributed by atoms with E-state index in [9.17, 15) is 0 Å². The van der Waals surface area contributed by atoms with Gasteiger partial charge in [0, 0.05) is 18.0 Å². The lowest BCUT2D eigenvalue weighted by Crippen LogP contribution is -2.38. The maximum atomic E-state index is 5.48. The van der Waals surface area contributed by atoms with Gasteiger partial charge in [-0.25, -0.2) is 9.97 Å². The highest BCUT2D eigenvalue weighted by Crippen LogP contribution is 2.38. The van der Waals surface area contributed by atoms with Crippen molar-refractivity contribution in [2.45, 2.75) is 32.2 Å². The SMILES string of the molecule is COc1ccc2c(N3CCCCC3C)ncnc2c1OC. The molecule has 1 fully saturated rings. The van der Waals surface area contributed by atoms with E-state index in [0.717, 1.165) is 23.3 Å². The number of rotatable bonds is 3. The Kier molecular flexibility index (Phi) is 3.82. The van der Waals surface area contributed by atoms with Gasteiger partial charge in [-0.05, 0) is 38.3 Å². The predicted molar refractivity (Wildman–Crippen MR) is 83.3 cm³/mol. The minimum atomic E-state index is 0.505.